The third kappa shape index (κ3) is 5.00. The summed E-state index contributed by atoms with van der Waals surface area (Å²) in [5.74, 6) is -0.157. The highest BCUT2D eigenvalue weighted by Gasteiger charge is 2.24. The lowest BCUT2D eigenvalue weighted by atomic mass is 9.96. The number of carbonyl (C=O) groups is 2. The van der Waals surface area contributed by atoms with Gasteiger partial charge in [-0.3, -0.25) is 10.1 Å². The van der Waals surface area contributed by atoms with Crippen LogP contribution in [0.3, 0.4) is 0 Å². The number of carbonyl (C=O) groups excluding carboxylic acids is 2. The molecule has 0 aromatic rings. The van der Waals surface area contributed by atoms with E-state index in [1.165, 1.54) is 44.9 Å². The molecule has 2 aliphatic rings. The van der Waals surface area contributed by atoms with Crippen molar-refractivity contribution in [3.8, 4) is 0 Å². The molecular formula is C15H26N2O2S. The van der Waals surface area contributed by atoms with E-state index in [1.54, 1.807) is 11.8 Å². The topological polar surface area (TPSA) is 58.2 Å². The molecule has 2 rings (SSSR count). The maximum absolute atomic E-state index is 12.0. The second-order valence-electron chi connectivity index (χ2n) is 5.98. The summed E-state index contributed by atoms with van der Waals surface area (Å²) in [6, 6.07) is -0.0740. The zero-order valence-corrected chi connectivity index (χ0v) is 13.1. The van der Waals surface area contributed by atoms with Gasteiger partial charge in [-0.15, -0.1) is 11.8 Å². The number of amides is 3. The van der Waals surface area contributed by atoms with E-state index in [0.29, 0.717) is 5.25 Å². The van der Waals surface area contributed by atoms with Gasteiger partial charge in [0.1, 0.15) is 0 Å². The molecule has 1 atom stereocenters. The Kier molecular flexibility index (Phi) is 6.20. The molecule has 0 heterocycles. The molecule has 5 heteroatoms. The first-order chi connectivity index (χ1) is 9.65. The second-order valence-corrected chi connectivity index (χ2v) is 7.63. The van der Waals surface area contributed by atoms with Gasteiger partial charge in [0.2, 0.25) is 5.91 Å². The number of imide groups is 1. The number of hydrogen-bond donors (Lipinski definition) is 2. The fourth-order valence-electron chi connectivity index (χ4n) is 3.06. The molecule has 0 bridgehead atoms. The van der Waals surface area contributed by atoms with E-state index in [4.69, 9.17) is 0 Å². The van der Waals surface area contributed by atoms with Crippen molar-refractivity contribution in [2.24, 2.45) is 0 Å². The molecule has 4 nitrogen and oxygen atoms in total. The van der Waals surface area contributed by atoms with Crippen LogP contribution in [0.5, 0.6) is 0 Å². The highest BCUT2D eigenvalue weighted by molar-refractivity contribution is 8.01. The Balaban J connectivity index is 1.67. The zero-order valence-electron chi connectivity index (χ0n) is 12.3. The third-order valence-electron chi connectivity index (χ3n) is 4.25. The van der Waals surface area contributed by atoms with E-state index < -0.39 is 0 Å². The minimum atomic E-state index is -0.319. The van der Waals surface area contributed by atoms with Crippen molar-refractivity contribution in [1.82, 2.24) is 10.6 Å². The average molecular weight is 298 g/mol. The van der Waals surface area contributed by atoms with Gasteiger partial charge in [-0.1, -0.05) is 32.1 Å². The van der Waals surface area contributed by atoms with Gasteiger partial charge in [-0.25, -0.2) is 4.79 Å². The van der Waals surface area contributed by atoms with E-state index >= 15 is 0 Å². The van der Waals surface area contributed by atoms with Crippen molar-refractivity contribution in [2.75, 3.05) is 0 Å². The fourth-order valence-corrected chi connectivity index (χ4v) is 4.42. The molecule has 2 fully saturated rings. The van der Waals surface area contributed by atoms with Crippen LogP contribution in [0.25, 0.3) is 0 Å². The van der Waals surface area contributed by atoms with E-state index in [0.717, 1.165) is 12.8 Å². The first-order valence-electron chi connectivity index (χ1n) is 7.92. The number of rotatable bonds is 4. The monoisotopic (exact) mass is 298 g/mol. The van der Waals surface area contributed by atoms with Crippen molar-refractivity contribution in [3.05, 3.63) is 0 Å². The molecule has 0 unspecified atom stereocenters. The molecular weight excluding hydrogens is 272 g/mol. The van der Waals surface area contributed by atoms with Crippen LogP contribution in [0.4, 0.5) is 4.79 Å². The largest absolute Gasteiger partial charge is 0.335 e. The van der Waals surface area contributed by atoms with E-state index in [1.807, 2.05) is 6.92 Å². The molecule has 3 amide bonds. The van der Waals surface area contributed by atoms with Gasteiger partial charge >= 0.3 is 6.03 Å². The lowest BCUT2D eigenvalue weighted by Gasteiger charge is -2.23. The predicted molar refractivity (Wildman–Crippen MR) is 82.9 cm³/mol. The molecule has 0 radical (unpaired) electrons. The summed E-state index contributed by atoms with van der Waals surface area (Å²) in [4.78, 5) is 23.8. The number of thioether (sulfide) groups is 1. The van der Waals surface area contributed by atoms with Gasteiger partial charge in [0.25, 0.3) is 0 Å². The maximum atomic E-state index is 12.0. The number of hydrogen-bond acceptors (Lipinski definition) is 3. The van der Waals surface area contributed by atoms with Crippen LogP contribution in [0, 0.1) is 0 Å². The van der Waals surface area contributed by atoms with Gasteiger partial charge in [0.05, 0.1) is 5.25 Å². The Morgan fingerprint density at radius 2 is 1.60 bits per heavy atom. The van der Waals surface area contributed by atoms with E-state index in [-0.39, 0.29) is 23.2 Å². The summed E-state index contributed by atoms with van der Waals surface area (Å²) < 4.78 is 0. The van der Waals surface area contributed by atoms with E-state index in [9.17, 15) is 9.59 Å². The highest BCUT2D eigenvalue weighted by atomic mass is 32.2. The number of nitrogens with one attached hydrogen (secondary N) is 2. The van der Waals surface area contributed by atoms with Crippen molar-refractivity contribution in [2.45, 2.75) is 81.3 Å². The van der Waals surface area contributed by atoms with Crippen molar-refractivity contribution in [3.63, 3.8) is 0 Å². The Labute approximate surface area is 125 Å². The van der Waals surface area contributed by atoms with Crippen LogP contribution in [0.2, 0.25) is 0 Å². The fraction of sp³-hybridized carbons (Fsp3) is 0.867. The van der Waals surface area contributed by atoms with Crippen LogP contribution >= 0.6 is 11.8 Å². The summed E-state index contributed by atoms with van der Waals surface area (Å²) in [6.07, 6.45) is 10.6. The smallest absolute Gasteiger partial charge is 0.321 e. The summed E-state index contributed by atoms with van der Waals surface area (Å²) in [5.41, 5.74) is 0. The molecule has 20 heavy (non-hydrogen) atoms. The third-order valence-corrected chi connectivity index (χ3v) is 5.72. The van der Waals surface area contributed by atoms with Gasteiger partial charge < -0.3 is 5.32 Å². The molecule has 0 aliphatic heterocycles. The standard InChI is InChI=1S/C15H26N2O2S/c1-11(20-13-9-5-6-10-13)14(18)17-15(19)16-12-7-3-2-4-8-12/h11-13H,2-10H2,1H3,(H2,16,17,18,19)/t11-/m0/s1. The molecule has 0 aromatic carbocycles. The average Bonchev–Trinajstić information content (AvgIpc) is 2.92. The quantitative estimate of drug-likeness (QED) is 0.838. The predicted octanol–water partition coefficient (Wildman–Crippen LogP) is 3.21. The zero-order chi connectivity index (χ0) is 14.4. The van der Waals surface area contributed by atoms with Crippen molar-refractivity contribution in [1.29, 1.82) is 0 Å². The van der Waals surface area contributed by atoms with Gasteiger partial charge in [-0.05, 0) is 32.6 Å². The highest BCUT2D eigenvalue weighted by Crippen LogP contribution is 2.32. The molecule has 0 aromatic heterocycles. The minimum absolute atomic E-state index is 0.143. The first kappa shape index (κ1) is 15.7. The van der Waals surface area contributed by atoms with E-state index in [2.05, 4.69) is 10.6 Å². The van der Waals surface area contributed by atoms with Crippen LogP contribution in [0.15, 0.2) is 0 Å². The summed E-state index contributed by atoms with van der Waals surface area (Å²) in [5, 5.41) is 5.86. The summed E-state index contributed by atoms with van der Waals surface area (Å²) in [6.45, 7) is 1.90. The van der Waals surface area contributed by atoms with Crippen LogP contribution in [-0.4, -0.2) is 28.5 Å². The molecule has 114 valence electrons. The Morgan fingerprint density at radius 1 is 1.00 bits per heavy atom. The second kappa shape index (κ2) is 7.91. The van der Waals surface area contributed by atoms with Gasteiger partial charge in [0.15, 0.2) is 0 Å². The lowest BCUT2D eigenvalue weighted by Crippen LogP contribution is -2.47. The van der Waals surface area contributed by atoms with Crippen LogP contribution < -0.4 is 10.6 Å². The van der Waals surface area contributed by atoms with Gasteiger partial charge in [-0.2, -0.15) is 0 Å². The lowest BCUT2D eigenvalue weighted by molar-refractivity contribution is -0.119. The molecule has 2 aliphatic carbocycles. The van der Waals surface area contributed by atoms with Crippen LogP contribution in [0.1, 0.15) is 64.7 Å². The van der Waals surface area contributed by atoms with Crippen molar-refractivity contribution >= 4 is 23.7 Å². The van der Waals surface area contributed by atoms with Crippen LogP contribution in [-0.2, 0) is 4.79 Å². The first-order valence-corrected chi connectivity index (χ1v) is 8.86. The Morgan fingerprint density at radius 3 is 2.25 bits per heavy atom. The van der Waals surface area contributed by atoms with Crippen molar-refractivity contribution < 1.29 is 9.59 Å². The summed E-state index contributed by atoms with van der Waals surface area (Å²) in [7, 11) is 0. The molecule has 0 spiro atoms. The normalized spacial score (nSPS) is 22.4. The Hall–Kier alpha value is -0.710. The SMILES string of the molecule is C[C@H](SC1CCCC1)C(=O)NC(=O)NC1CCCCC1. The molecule has 2 saturated carbocycles. The summed E-state index contributed by atoms with van der Waals surface area (Å²) >= 11 is 1.71. The van der Waals surface area contributed by atoms with Gasteiger partial charge in [0, 0.05) is 11.3 Å². The Bertz CT molecular complexity index is 337. The maximum Gasteiger partial charge on any atom is 0.321 e. The molecule has 2 N–H and O–H groups in total. The molecule has 0 saturated heterocycles. The minimum Gasteiger partial charge on any atom is -0.335 e. The number of urea groups is 1.